The molecule has 1 aromatic carbocycles. The molecule has 0 aromatic heterocycles. The molecule has 1 aromatic rings. The van der Waals surface area contributed by atoms with Crippen molar-refractivity contribution in [1.29, 1.82) is 5.26 Å². The van der Waals surface area contributed by atoms with Crippen LogP contribution in [0.4, 0.5) is 10.1 Å². The molecule has 0 saturated carbocycles. The van der Waals surface area contributed by atoms with Gasteiger partial charge in [0, 0.05) is 13.0 Å². The van der Waals surface area contributed by atoms with Gasteiger partial charge in [-0.25, -0.2) is 4.39 Å². The lowest BCUT2D eigenvalue weighted by atomic mass is 10.0. The molecule has 19 heavy (non-hydrogen) atoms. The highest BCUT2D eigenvalue weighted by Gasteiger charge is 2.41. The van der Waals surface area contributed by atoms with Gasteiger partial charge in [0.2, 0.25) is 0 Å². The van der Waals surface area contributed by atoms with Gasteiger partial charge >= 0.3 is 0 Å². The summed E-state index contributed by atoms with van der Waals surface area (Å²) in [7, 11) is 0. The van der Waals surface area contributed by atoms with E-state index in [0.717, 1.165) is 19.4 Å². The van der Waals surface area contributed by atoms with Crippen LogP contribution in [0, 0.1) is 17.1 Å². The number of nitriles is 1. The molecule has 100 valence electrons. The number of nitrogens with zero attached hydrogens (tertiary/aromatic N) is 2. The molecular formula is C14H15FN2O2. The molecule has 0 bridgehead atoms. The lowest BCUT2D eigenvalue weighted by molar-refractivity contribution is -0.161. The monoisotopic (exact) mass is 262 g/mol. The Morgan fingerprint density at radius 2 is 2.11 bits per heavy atom. The predicted octanol–water partition coefficient (Wildman–Crippen LogP) is 2.04. The molecule has 0 unspecified atom stereocenters. The average Bonchev–Trinajstić information content (AvgIpc) is 2.86. The van der Waals surface area contributed by atoms with Gasteiger partial charge in [0.1, 0.15) is 5.82 Å². The van der Waals surface area contributed by atoms with E-state index in [1.165, 1.54) is 6.07 Å². The van der Waals surface area contributed by atoms with Crippen LogP contribution in [0.5, 0.6) is 0 Å². The van der Waals surface area contributed by atoms with E-state index >= 15 is 0 Å². The van der Waals surface area contributed by atoms with Gasteiger partial charge < -0.3 is 14.4 Å². The topological polar surface area (TPSA) is 45.5 Å². The second-order valence-electron chi connectivity index (χ2n) is 4.91. The van der Waals surface area contributed by atoms with Gasteiger partial charge in [-0.05, 0) is 24.6 Å². The van der Waals surface area contributed by atoms with Crippen LogP contribution in [0.15, 0.2) is 18.2 Å². The number of benzene rings is 1. The van der Waals surface area contributed by atoms with E-state index in [1.807, 2.05) is 11.0 Å². The third kappa shape index (κ3) is 2.29. The van der Waals surface area contributed by atoms with E-state index in [2.05, 4.69) is 0 Å². The molecular weight excluding hydrogens is 247 g/mol. The molecule has 0 N–H and O–H groups in total. The van der Waals surface area contributed by atoms with Crippen molar-refractivity contribution in [1.82, 2.24) is 0 Å². The summed E-state index contributed by atoms with van der Waals surface area (Å²) in [4.78, 5) is 1.94. The Morgan fingerprint density at radius 1 is 1.32 bits per heavy atom. The first-order chi connectivity index (χ1) is 9.22. The number of ether oxygens (including phenoxy) is 2. The molecule has 2 aliphatic heterocycles. The maximum atomic E-state index is 14.0. The Labute approximate surface area is 111 Å². The summed E-state index contributed by atoms with van der Waals surface area (Å²) in [5.41, 5.74) is 0.846. The maximum absolute atomic E-state index is 14.0. The maximum Gasteiger partial charge on any atom is 0.186 e. The van der Waals surface area contributed by atoms with Crippen molar-refractivity contribution in [2.75, 3.05) is 31.2 Å². The van der Waals surface area contributed by atoms with Crippen molar-refractivity contribution in [2.24, 2.45) is 0 Å². The standard InChI is InChI=1S/C14H15FN2O2/c15-12-8-11(9-16)2-3-13(12)17-5-1-4-14(10-17)18-6-7-19-14/h2-3,8H,1,4-7,10H2. The molecule has 5 heteroatoms. The highest BCUT2D eigenvalue weighted by molar-refractivity contribution is 5.51. The fourth-order valence-electron chi connectivity index (χ4n) is 2.76. The minimum Gasteiger partial charge on any atom is -0.364 e. The van der Waals surface area contributed by atoms with Crippen molar-refractivity contribution < 1.29 is 13.9 Å². The van der Waals surface area contributed by atoms with E-state index in [1.54, 1.807) is 12.1 Å². The normalized spacial score (nSPS) is 21.6. The quantitative estimate of drug-likeness (QED) is 0.777. The van der Waals surface area contributed by atoms with Gasteiger partial charge in [-0.3, -0.25) is 0 Å². The van der Waals surface area contributed by atoms with E-state index in [4.69, 9.17) is 14.7 Å². The summed E-state index contributed by atoms with van der Waals surface area (Å²) >= 11 is 0. The third-order valence-corrected chi connectivity index (χ3v) is 3.65. The molecule has 2 fully saturated rings. The van der Waals surface area contributed by atoms with Gasteiger partial charge in [0.25, 0.3) is 0 Å². The van der Waals surface area contributed by atoms with Crippen LogP contribution >= 0.6 is 0 Å². The average molecular weight is 262 g/mol. The second kappa shape index (κ2) is 4.80. The van der Waals surface area contributed by atoms with E-state index in [0.29, 0.717) is 31.0 Å². The van der Waals surface area contributed by atoms with Crippen LogP contribution in [0.1, 0.15) is 18.4 Å². The van der Waals surface area contributed by atoms with Crippen molar-refractivity contribution >= 4 is 5.69 Å². The van der Waals surface area contributed by atoms with Crippen LogP contribution in [-0.4, -0.2) is 32.1 Å². The molecule has 4 nitrogen and oxygen atoms in total. The first kappa shape index (κ1) is 12.4. The van der Waals surface area contributed by atoms with Crippen LogP contribution < -0.4 is 4.90 Å². The number of hydrogen-bond acceptors (Lipinski definition) is 4. The third-order valence-electron chi connectivity index (χ3n) is 3.65. The van der Waals surface area contributed by atoms with Gasteiger partial charge in [-0.1, -0.05) is 0 Å². The number of anilines is 1. The SMILES string of the molecule is N#Cc1ccc(N2CCCC3(C2)OCCO3)c(F)c1. The van der Waals surface area contributed by atoms with Crippen molar-refractivity contribution in [3.05, 3.63) is 29.6 Å². The molecule has 2 saturated heterocycles. The molecule has 2 aliphatic rings. The molecule has 1 spiro atoms. The Balaban J connectivity index is 1.84. The summed E-state index contributed by atoms with van der Waals surface area (Å²) in [6, 6.07) is 6.50. The number of hydrogen-bond donors (Lipinski definition) is 0. The lowest BCUT2D eigenvalue weighted by Crippen LogP contribution is -2.49. The van der Waals surface area contributed by atoms with Crippen LogP contribution in [0.2, 0.25) is 0 Å². The Hall–Kier alpha value is -1.64. The molecule has 0 atom stereocenters. The predicted molar refractivity (Wildman–Crippen MR) is 67.2 cm³/mol. The van der Waals surface area contributed by atoms with Crippen molar-refractivity contribution in [2.45, 2.75) is 18.6 Å². The molecule has 2 heterocycles. The fourth-order valence-corrected chi connectivity index (χ4v) is 2.76. The zero-order valence-corrected chi connectivity index (χ0v) is 10.6. The minimum absolute atomic E-state index is 0.335. The van der Waals surface area contributed by atoms with Gasteiger partial charge in [-0.15, -0.1) is 0 Å². The van der Waals surface area contributed by atoms with E-state index in [-0.39, 0.29) is 5.82 Å². The van der Waals surface area contributed by atoms with E-state index < -0.39 is 5.79 Å². The summed E-state index contributed by atoms with van der Waals surface area (Å²) in [5, 5.41) is 8.76. The molecule has 0 aliphatic carbocycles. The minimum atomic E-state index is -0.571. The van der Waals surface area contributed by atoms with Crippen LogP contribution in [-0.2, 0) is 9.47 Å². The first-order valence-electron chi connectivity index (χ1n) is 6.45. The summed E-state index contributed by atoms with van der Waals surface area (Å²) in [5.74, 6) is -0.937. The van der Waals surface area contributed by atoms with Crippen LogP contribution in [0.25, 0.3) is 0 Å². The van der Waals surface area contributed by atoms with Gasteiger partial charge in [0.15, 0.2) is 5.79 Å². The zero-order chi connectivity index (χ0) is 13.3. The fraction of sp³-hybridized carbons (Fsp3) is 0.500. The number of halogens is 1. The Kier molecular flexibility index (Phi) is 3.13. The zero-order valence-electron chi connectivity index (χ0n) is 10.6. The smallest absolute Gasteiger partial charge is 0.186 e. The van der Waals surface area contributed by atoms with Crippen molar-refractivity contribution in [3.8, 4) is 6.07 Å². The van der Waals surface area contributed by atoms with Gasteiger partial charge in [0.05, 0.1) is 37.1 Å². The second-order valence-corrected chi connectivity index (χ2v) is 4.91. The van der Waals surface area contributed by atoms with Gasteiger partial charge in [-0.2, -0.15) is 5.26 Å². The lowest BCUT2D eigenvalue weighted by Gasteiger charge is -2.39. The van der Waals surface area contributed by atoms with Crippen molar-refractivity contribution in [3.63, 3.8) is 0 Å². The molecule has 0 radical (unpaired) electrons. The number of rotatable bonds is 1. The molecule has 3 rings (SSSR count). The Bertz CT molecular complexity index is 521. The summed E-state index contributed by atoms with van der Waals surface area (Å²) in [6.07, 6.45) is 1.75. The Morgan fingerprint density at radius 3 is 2.79 bits per heavy atom. The van der Waals surface area contributed by atoms with E-state index in [9.17, 15) is 4.39 Å². The first-order valence-corrected chi connectivity index (χ1v) is 6.45. The summed E-state index contributed by atoms with van der Waals surface area (Å²) in [6.45, 7) is 2.51. The highest BCUT2D eigenvalue weighted by atomic mass is 19.1. The largest absolute Gasteiger partial charge is 0.364 e. The molecule has 0 amide bonds. The number of piperidine rings is 1. The highest BCUT2D eigenvalue weighted by Crippen LogP contribution is 2.33. The van der Waals surface area contributed by atoms with Crippen LogP contribution in [0.3, 0.4) is 0 Å². The summed E-state index contributed by atoms with van der Waals surface area (Å²) < 4.78 is 25.4.